The van der Waals surface area contributed by atoms with Crippen molar-refractivity contribution in [3.05, 3.63) is 18.5 Å². The van der Waals surface area contributed by atoms with Crippen LogP contribution < -0.4 is 16.0 Å². The van der Waals surface area contributed by atoms with Crippen molar-refractivity contribution in [2.45, 2.75) is 25.3 Å². The van der Waals surface area contributed by atoms with Crippen LogP contribution >= 0.6 is 0 Å². The Kier molecular flexibility index (Phi) is 3.49. The number of urea groups is 1. The van der Waals surface area contributed by atoms with Gasteiger partial charge in [0.2, 0.25) is 0 Å². The van der Waals surface area contributed by atoms with Gasteiger partial charge >= 0.3 is 6.03 Å². The van der Waals surface area contributed by atoms with E-state index in [1.807, 2.05) is 30.0 Å². The summed E-state index contributed by atoms with van der Waals surface area (Å²) >= 11 is 0. The molecule has 1 saturated heterocycles. The van der Waals surface area contributed by atoms with Crippen LogP contribution in [0, 0.1) is 5.41 Å². The molecule has 2 fully saturated rings. The van der Waals surface area contributed by atoms with Gasteiger partial charge in [0.15, 0.2) is 0 Å². The van der Waals surface area contributed by atoms with Crippen LogP contribution in [0.25, 0.3) is 0 Å². The zero-order chi connectivity index (χ0) is 15.0. The highest BCUT2D eigenvalue weighted by Gasteiger charge is 2.49. The average molecular weight is 289 g/mol. The minimum atomic E-state index is -0.0662. The van der Waals surface area contributed by atoms with Crippen LogP contribution in [0.3, 0.4) is 0 Å². The Morgan fingerprint density at radius 3 is 2.86 bits per heavy atom. The summed E-state index contributed by atoms with van der Waals surface area (Å²) in [6.45, 7) is 1.43. The van der Waals surface area contributed by atoms with Crippen molar-refractivity contribution in [2.75, 3.05) is 37.4 Å². The third-order valence-electron chi connectivity index (χ3n) is 4.87. The summed E-state index contributed by atoms with van der Waals surface area (Å²) in [5.74, 6) is 0. The summed E-state index contributed by atoms with van der Waals surface area (Å²) in [6, 6.07) is 1.87. The van der Waals surface area contributed by atoms with Gasteiger partial charge < -0.3 is 20.9 Å². The molecule has 1 aliphatic heterocycles. The first kappa shape index (κ1) is 14.1. The van der Waals surface area contributed by atoms with Gasteiger partial charge in [0.1, 0.15) is 0 Å². The van der Waals surface area contributed by atoms with E-state index < -0.39 is 0 Å². The molecule has 114 valence electrons. The van der Waals surface area contributed by atoms with E-state index in [0.717, 1.165) is 30.8 Å². The number of nitrogens with zero attached hydrogens (tertiary/aromatic N) is 3. The van der Waals surface area contributed by atoms with Crippen molar-refractivity contribution >= 4 is 17.4 Å². The summed E-state index contributed by atoms with van der Waals surface area (Å²) in [4.78, 5) is 20.4. The van der Waals surface area contributed by atoms with Gasteiger partial charge in [-0.2, -0.15) is 0 Å². The third-order valence-corrected chi connectivity index (χ3v) is 4.87. The minimum absolute atomic E-state index is 0.0662. The molecule has 2 heterocycles. The molecular weight excluding hydrogens is 266 g/mol. The fourth-order valence-corrected chi connectivity index (χ4v) is 3.35. The number of nitrogens with two attached hydrogens (primary N) is 1. The highest BCUT2D eigenvalue weighted by molar-refractivity contribution is 5.93. The first-order valence-electron chi connectivity index (χ1n) is 7.45. The molecule has 1 aliphatic carbocycles. The molecule has 6 heteroatoms. The van der Waals surface area contributed by atoms with E-state index in [2.05, 4.69) is 10.3 Å². The molecule has 21 heavy (non-hydrogen) atoms. The maximum absolute atomic E-state index is 12.5. The van der Waals surface area contributed by atoms with Crippen LogP contribution in [0.15, 0.2) is 18.5 Å². The molecule has 1 atom stereocenters. The maximum atomic E-state index is 12.5. The number of hydrogen-bond acceptors (Lipinski definition) is 4. The number of aromatic nitrogens is 1. The Labute approximate surface area is 125 Å². The van der Waals surface area contributed by atoms with E-state index >= 15 is 0 Å². The monoisotopic (exact) mass is 289 g/mol. The van der Waals surface area contributed by atoms with Crippen molar-refractivity contribution in [2.24, 2.45) is 11.1 Å². The number of carbonyl (C=O) groups excluding carboxylic acids is 1. The van der Waals surface area contributed by atoms with Crippen molar-refractivity contribution in [1.29, 1.82) is 0 Å². The Balaban J connectivity index is 1.70. The molecule has 6 nitrogen and oxygen atoms in total. The number of rotatable bonds is 2. The van der Waals surface area contributed by atoms with Crippen LogP contribution in [0.5, 0.6) is 0 Å². The van der Waals surface area contributed by atoms with Crippen LogP contribution in [-0.4, -0.2) is 49.1 Å². The maximum Gasteiger partial charge on any atom is 0.321 e. The Morgan fingerprint density at radius 2 is 2.29 bits per heavy atom. The predicted octanol–water partition coefficient (Wildman–Crippen LogP) is 1.49. The van der Waals surface area contributed by atoms with E-state index in [9.17, 15) is 4.79 Å². The molecule has 0 aromatic carbocycles. The SMILES string of the molecule is CN(C)c1cnccc1NC(=O)N1CC(N)C2(CCC2)C1. The summed E-state index contributed by atoms with van der Waals surface area (Å²) in [5, 5.41) is 2.99. The third kappa shape index (κ3) is 2.44. The average Bonchev–Trinajstić information content (AvgIpc) is 2.77. The van der Waals surface area contributed by atoms with Gasteiger partial charge in [-0.25, -0.2) is 4.79 Å². The number of likely N-dealkylation sites (tertiary alicyclic amines) is 1. The molecule has 2 aliphatic rings. The smallest absolute Gasteiger partial charge is 0.321 e. The van der Waals surface area contributed by atoms with E-state index in [4.69, 9.17) is 5.73 Å². The second kappa shape index (κ2) is 5.18. The van der Waals surface area contributed by atoms with Crippen LogP contribution in [0.1, 0.15) is 19.3 Å². The molecule has 1 aromatic heterocycles. The van der Waals surface area contributed by atoms with Crippen LogP contribution in [0.2, 0.25) is 0 Å². The standard InChI is InChI=1S/C15H23N5O/c1-19(2)12-8-17-7-4-11(12)18-14(21)20-9-13(16)15(10-20)5-3-6-15/h4,7-8,13H,3,5-6,9-10,16H2,1-2H3,(H,17,18,21). The zero-order valence-corrected chi connectivity index (χ0v) is 12.7. The summed E-state index contributed by atoms with van der Waals surface area (Å²) in [7, 11) is 3.86. The van der Waals surface area contributed by atoms with Crippen molar-refractivity contribution < 1.29 is 4.79 Å². The predicted molar refractivity (Wildman–Crippen MR) is 83.4 cm³/mol. The lowest BCUT2D eigenvalue weighted by molar-refractivity contribution is 0.127. The van der Waals surface area contributed by atoms with Crippen LogP contribution in [0.4, 0.5) is 16.2 Å². The lowest BCUT2D eigenvalue weighted by atomic mass is 9.66. The molecule has 2 amide bonds. The lowest BCUT2D eigenvalue weighted by Crippen LogP contribution is -2.45. The number of anilines is 2. The lowest BCUT2D eigenvalue weighted by Gasteiger charge is -2.41. The second-order valence-corrected chi connectivity index (χ2v) is 6.42. The molecular formula is C15H23N5O. The number of nitrogens with one attached hydrogen (secondary N) is 1. The van der Waals surface area contributed by atoms with Crippen molar-refractivity contribution in [3.8, 4) is 0 Å². The summed E-state index contributed by atoms with van der Waals surface area (Å²) in [6.07, 6.45) is 6.97. The molecule has 3 rings (SSSR count). The normalized spacial score (nSPS) is 23.0. The van der Waals surface area contributed by atoms with Crippen molar-refractivity contribution in [1.82, 2.24) is 9.88 Å². The van der Waals surface area contributed by atoms with E-state index in [-0.39, 0.29) is 17.5 Å². The molecule has 3 N–H and O–H groups in total. The largest absolute Gasteiger partial charge is 0.375 e. The van der Waals surface area contributed by atoms with E-state index in [1.54, 1.807) is 12.4 Å². The van der Waals surface area contributed by atoms with Gasteiger partial charge in [-0.05, 0) is 18.9 Å². The first-order chi connectivity index (χ1) is 10.0. The fraction of sp³-hybridized carbons (Fsp3) is 0.600. The number of carbonyl (C=O) groups is 1. The summed E-state index contributed by atoms with van der Waals surface area (Å²) in [5.41, 5.74) is 8.09. The Morgan fingerprint density at radius 1 is 1.52 bits per heavy atom. The number of hydrogen-bond donors (Lipinski definition) is 2. The van der Waals surface area contributed by atoms with E-state index in [0.29, 0.717) is 6.54 Å². The summed E-state index contributed by atoms with van der Waals surface area (Å²) < 4.78 is 0. The molecule has 1 aromatic rings. The van der Waals surface area contributed by atoms with Gasteiger partial charge in [0.05, 0.1) is 17.6 Å². The second-order valence-electron chi connectivity index (χ2n) is 6.42. The van der Waals surface area contributed by atoms with Crippen LogP contribution in [-0.2, 0) is 0 Å². The van der Waals surface area contributed by atoms with Gasteiger partial charge in [-0.1, -0.05) is 6.42 Å². The first-order valence-corrected chi connectivity index (χ1v) is 7.45. The topological polar surface area (TPSA) is 74.5 Å². The Bertz CT molecular complexity index is 541. The van der Waals surface area contributed by atoms with Crippen molar-refractivity contribution in [3.63, 3.8) is 0 Å². The number of amides is 2. The minimum Gasteiger partial charge on any atom is -0.375 e. The quantitative estimate of drug-likeness (QED) is 0.865. The van der Waals surface area contributed by atoms with Gasteiger partial charge in [-0.15, -0.1) is 0 Å². The molecule has 0 radical (unpaired) electrons. The molecule has 1 unspecified atom stereocenters. The van der Waals surface area contributed by atoms with Gasteiger partial charge in [0, 0.05) is 44.8 Å². The number of pyridine rings is 1. The fourth-order valence-electron chi connectivity index (χ4n) is 3.35. The Hall–Kier alpha value is -1.82. The zero-order valence-electron chi connectivity index (χ0n) is 12.7. The molecule has 1 spiro atoms. The highest BCUT2D eigenvalue weighted by atomic mass is 16.2. The highest BCUT2D eigenvalue weighted by Crippen LogP contribution is 2.47. The molecule has 1 saturated carbocycles. The van der Waals surface area contributed by atoms with Gasteiger partial charge in [-0.3, -0.25) is 4.98 Å². The molecule has 0 bridgehead atoms. The van der Waals surface area contributed by atoms with E-state index in [1.165, 1.54) is 6.42 Å². The van der Waals surface area contributed by atoms with Gasteiger partial charge in [0.25, 0.3) is 0 Å².